The molecule has 0 aliphatic carbocycles. The van der Waals surface area contributed by atoms with Crippen LogP contribution in [0, 0.1) is 5.82 Å². The summed E-state index contributed by atoms with van der Waals surface area (Å²) in [5.74, 6) is -3.02. The smallest absolute Gasteiger partial charge is 0.326 e. The highest BCUT2D eigenvalue weighted by Crippen LogP contribution is 2.21. The number of rotatable bonds is 6. The zero-order valence-electron chi connectivity index (χ0n) is 10.2. The number of carboxylic acids is 1. The van der Waals surface area contributed by atoms with Crippen LogP contribution in [-0.2, 0) is 4.79 Å². The molecule has 1 rings (SSSR count). The van der Waals surface area contributed by atoms with Crippen molar-refractivity contribution in [3.8, 4) is 5.75 Å². The molecule has 0 radical (unpaired) electrons. The van der Waals surface area contributed by atoms with E-state index in [1.165, 1.54) is 19.2 Å². The summed E-state index contributed by atoms with van der Waals surface area (Å²) in [5, 5.41) is 19.7. The maximum Gasteiger partial charge on any atom is 0.326 e. The van der Waals surface area contributed by atoms with Crippen LogP contribution < -0.4 is 10.1 Å². The van der Waals surface area contributed by atoms with Gasteiger partial charge in [0.25, 0.3) is 5.91 Å². The Labute approximate surface area is 108 Å². The number of aliphatic hydroxyl groups excluding tert-OH is 1. The van der Waals surface area contributed by atoms with Gasteiger partial charge in [0, 0.05) is 13.0 Å². The molecule has 104 valence electrons. The van der Waals surface area contributed by atoms with Crippen molar-refractivity contribution in [3.63, 3.8) is 0 Å². The van der Waals surface area contributed by atoms with Crippen molar-refractivity contribution in [2.75, 3.05) is 13.7 Å². The number of halogens is 1. The second-order valence-electron chi connectivity index (χ2n) is 3.69. The van der Waals surface area contributed by atoms with Crippen LogP contribution in [-0.4, -0.2) is 41.8 Å². The third kappa shape index (κ3) is 3.65. The Morgan fingerprint density at radius 1 is 1.47 bits per heavy atom. The maximum atomic E-state index is 13.6. The van der Waals surface area contributed by atoms with E-state index in [9.17, 15) is 14.0 Å². The molecule has 0 fully saturated rings. The number of nitrogens with one attached hydrogen (secondary N) is 1. The van der Waals surface area contributed by atoms with Gasteiger partial charge in [-0.25, -0.2) is 9.18 Å². The highest BCUT2D eigenvalue weighted by atomic mass is 19.1. The minimum atomic E-state index is -1.31. The topological polar surface area (TPSA) is 95.9 Å². The second kappa shape index (κ2) is 6.69. The molecule has 7 heteroatoms. The minimum absolute atomic E-state index is 0.00522. The fraction of sp³-hybridized carbons (Fsp3) is 0.333. The van der Waals surface area contributed by atoms with Crippen molar-refractivity contribution < 1.29 is 28.9 Å². The predicted molar refractivity (Wildman–Crippen MR) is 63.5 cm³/mol. The lowest BCUT2D eigenvalue weighted by atomic mass is 10.1. The summed E-state index contributed by atoms with van der Waals surface area (Å²) >= 11 is 0. The van der Waals surface area contributed by atoms with Crippen molar-refractivity contribution in [1.29, 1.82) is 0 Å². The average molecular weight is 271 g/mol. The largest absolute Gasteiger partial charge is 0.496 e. The number of hydrogen-bond acceptors (Lipinski definition) is 4. The fourth-order valence-corrected chi connectivity index (χ4v) is 1.51. The molecule has 0 aromatic heterocycles. The molecule has 0 aliphatic heterocycles. The van der Waals surface area contributed by atoms with Crippen LogP contribution in [0.3, 0.4) is 0 Å². The highest BCUT2D eigenvalue weighted by Gasteiger charge is 2.24. The number of methoxy groups -OCH3 is 1. The van der Waals surface area contributed by atoms with E-state index in [4.69, 9.17) is 14.9 Å². The van der Waals surface area contributed by atoms with Crippen molar-refractivity contribution in [3.05, 3.63) is 29.6 Å². The molecule has 1 amide bonds. The molecule has 0 saturated heterocycles. The Balaban J connectivity index is 2.97. The van der Waals surface area contributed by atoms with Gasteiger partial charge in [0.15, 0.2) is 0 Å². The SMILES string of the molecule is COc1cccc(F)c1C(=O)NC(CCO)C(=O)O. The van der Waals surface area contributed by atoms with Crippen molar-refractivity contribution in [2.45, 2.75) is 12.5 Å². The van der Waals surface area contributed by atoms with Crippen LogP contribution in [0.15, 0.2) is 18.2 Å². The van der Waals surface area contributed by atoms with Gasteiger partial charge in [-0.3, -0.25) is 4.79 Å². The van der Waals surface area contributed by atoms with E-state index in [2.05, 4.69) is 5.32 Å². The third-order valence-electron chi connectivity index (χ3n) is 2.44. The van der Waals surface area contributed by atoms with Crippen LogP contribution in [0.25, 0.3) is 0 Å². The number of benzene rings is 1. The summed E-state index contributed by atoms with van der Waals surface area (Å²) in [6.07, 6.45) is -0.169. The molecule has 0 bridgehead atoms. The predicted octanol–water partition coefficient (Wildman–Crippen LogP) is 0.400. The molecule has 19 heavy (non-hydrogen) atoms. The van der Waals surface area contributed by atoms with Crippen molar-refractivity contribution in [2.24, 2.45) is 0 Å². The van der Waals surface area contributed by atoms with E-state index >= 15 is 0 Å². The monoisotopic (exact) mass is 271 g/mol. The van der Waals surface area contributed by atoms with Crippen LogP contribution in [0.4, 0.5) is 4.39 Å². The molecule has 1 aromatic rings. The number of carbonyl (C=O) groups is 2. The molecule has 3 N–H and O–H groups in total. The molecular formula is C12H14FNO5. The number of aliphatic carboxylic acids is 1. The molecule has 1 aromatic carbocycles. The average Bonchev–Trinajstić information content (AvgIpc) is 2.37. The molecular weight excluding hydrogens is 257 g/mol. The van der Waals surface area contributed by atoms with Gasteiger partial charge in [-0.1, -0.05) is 6.07 Å². The van der Waals surface area contributed by atoms with Gasteiger partial charge >= 0.3 is 5.97 Å². The molecule has 6 nitrogen and oxygen atoms in total. The zero-order valence-corrected chi connectivity index (χ0v) is 10.2. The second-order valence-corrected chi connectivity index (χ2v) is 3.69. The molecule has 0 aliphatic rings. The third-order valence-corrected chi connectivity index (χ3v) is 2.44. The van der Waals surface area contributed by atoms with Crippen LogP contribution in [0.5, 0.6) is 5.75 Å². The lowest BCUT2D eigenvalue weighted by Crippen LogP contribution is -2.41. The number of carboxylic acid groups (broad SMARTS) is 1. The first kappa shape index (κ1) is 14.9. The Morgan fingerprint density at radius 3 is 2.68 bits per heavy atom. The van der Waals surface area contributed by atoms with E-state index < -0.39 is 30.3 Å². The number of hydrogen-bond donors (Lipinski definition) is 3. The van der Waals surface area contributed by atoms with Crippen LogP contribution in [0.2, 0.25) is 0 Å². The van der Waals surface area contributed by atoms with Crippen LogP contribution in [0.1, 0.15) is 16.8 Å². The van der Waals surface area contributed by atoms with E-state index in [-0.39, 0.29) is 17.7 Å². The van der Waals surface area contributed by atoms with Gasteiger partial charge in [0.05, 0.1) is 7.11 Å². The van der Waals surface area contributed by atoms with Gasteiger partial charge in [-0.05, 0) is 12.1 Å². The zero-order chi connectivity index (χ0) is 14.4. The summed E-state index contributed by atoms with van der Waals surface area (Å²) in [6.45, 7) is -0.411. The van der Waals surface area contributed by atoms with E-state index in [0.717, 1.165) is 6.07 Å². The summed E-state index contributed by atoms with van der Waals surface area (Å²) in [4.78, 5) is 22.7. The molecule has 0 spiro atoms. The highest BCUT2D eigenvalue weighted by molar-refractivity contribution is 5.99. The van der Waals surface area contributed by atoms with Gasteiger partial charge in [0.2, 0.25) is 0 Å². The van der Waals surface area contributed by atoms with Crippen molar-refractivity contribution >= 4 is 11.9 Å². The van der Waals surface area contributed by atoms with Crippen molar-refractivity contribution in [1.82, 2.24) is 5.32 Å². The summed E-state index contributed by atoms with van der Waals surface area (Å²) in [7, 11) is 1.27. The first-order chi connectivity index (χ1) is 9.01. The first-order valence-corrected chi connectivity index (χ1v) is 5.48. The molecule has 1 atom stereocenters. The van der Waals surface area contributed by atoms with Gasteiger partial charge in [-0.2, -0.15) is 0 Å². The Bertz CT molecular complexity index is 477. The molecule has 0 heterocycles. The summed E-state index contributed by atoms with van der Waals surface area (Å²) in [6, 6.07) is 2.54. The number of amides is 1. The lowest BCUT2D eigenvalue weighted by Gasteiger charge is -2.15. The summed E-state index contributed by atoms with van der Waals surface area (Å²) in [5.41, 5.74) is -0.366. The fourth-order valence-electron chi connectivity index (χ4n) is 1.51. The Hall–Kier alpha value is -2.15. The number of aliphatic hydroxyl groups is 1. The standard InChI is InChI=1S/C12H14FNO5/c1-19-9-4-2-3-7(13)10(9)11(16)14-8(5-6-15)12(17)18/h2-4,8,15H,5-6H2,1H3,(H,14,16)(H,17,18). The van der Waals surface area contributed by atoms with E-state index in [1.54, 1.807) is 0 Å². The summed E-state index contributed by atoms with van der Waals surface area (Å²) < 4.78 is 18.4. The minimum Gasteiger partial charge on any atom is -0.496 e. The molecule has 1 unspecified atom stereocenters. The maximum absolute atomic E-state index is 13.6. The first-order valence-electron chi connectivity index (χ1n) is 5.48. The molecule has 0 saturated carbocycles. The number of carbonyl (C=O) groups excluding carboxylic acids is 1. The van der Waals surface area contributed by atoms with Gasteiger partial charge < -0.3 is 20.3 Å². The Kier molecular flexibility index (Phi) is 5.25. The van der Waals surface area contributed by atoms with Crippen LogP contribution >= 0.6 is 0 Å². The van der Waals surface area contributed by atoms with E-state index in [0.29, 0.717) is 0 Å². The Morgan fingerprint density at radius 2 is 2.16 bits per heavy atom. The lowest BCUT2D eigenvalue weighted by molar-refractivity contribution is -0.139. The number of ether oxygens (including phenoxy) is 1. The van der Waals surface area contributed by atoms with Gasteiger partial charge in [0.1, 0.15) is 23.2 Å². The normalized spacial score (nSPS) is 11.7. The van der Waals surface area contributed by atoms with E-state index in [1.807, 2.05) is 0 Å². The quantitative estimate of drug-likeness (QED) is 0.696. The van der Waals surface area contributed by atoms with Gasteiger partial charge in [-0.15, -0.1) is 0 Å².